The zero-order valence-corrected chi connectivity index (χ0v) is 38.2. The highest BCUT2D eigenvalue weighted by molar-refractivity contribution is 6.24. The summed E-state index contributed by atoms with van der Waals surface area (Å²) in [6, 6.07) is 85.0. The maximum Gasteiger partial charge on any atom is 0.227 e. The molecule has 4 heterocycles. The van der Waals surface area contributed by atoms with Crippen LogP contribution in [0.5, 0.6) is 0 Å². The SMILES string of the molecule is c1ccc(-c2cc(-c3ccccc3)cc(-n3c4ccccc4c4ccc5c6ccccc6n(-c6cccc(-c7nc(-c8ccccc8)nc(-c8cccc9oc(-c%10ccccc%10)nc89)n7)c6)c5c43)c2)cc1. The van der Waals surface area contributed by atoms with Crippen LogP contribution < -0.4 is 0 Å². The van der Waals surface area contributed by atoms with E-state index in [1.165, 1.54) is 16.2 Å². The third-order valence-electron chi connectivity index (χ3n) is 13.6. The predicted molar refractivity (Wildman–Crippen MR) is 289 cm³/mol. The molecule has 0 fully saturated rings. The fourth-order valence-electron chi connectivity index (χ4n) is 10.3. The van der Waals surface area contributed by atoms with Crippen LogP contribution in [0, 0.1) is 0 Å². The van der Waals surface area contributed by atoms with Gasteiger partial charge in [0.2, 0.25) is 5.89 Å². The van der Waals surface area contributed by atoms with Gasteiger partial charge in [-0.25, -0.2) is 19.9 Å². The van der Waals surface area contributed by atoms with Gasteiger partial charge in [0.05, 0.1) is 22.1 Å². The van der Waals surface area contributed by atoms with E-state index in [1.807, 2.05) is 78.9 Å². The largest absolute Gasteiger partial charge is 0.436 e. The van der Waals surface area contributed by atoms with Crippen molar-refractivity contribution in [3.05, 3.63) is 243 Å². The van der Waals surface area contributed by atoms with Crippen molar-refractivity contribution < 1.29 is 4.42 Å². The maximum atomic E-state index is 6.32. The van der Waals surface area contributed by atoms with E-state index in [4.69, 9.17) is 24.4 Å². The lowest BCUT2D eigenvalue weighted by Gasteiger charge is -2.16. The normalized spacial score (nSPS) is 11.7. The van der Waals surface area contributed by atoms with Crippen LogP contribution in [0.3, 0.4) is 0 Å². The molecule has 7 nitrogen and oxygen atoms in total. The van der Waals surface area contributed by atoms with Crippen molar-refractivity contribution >= 4 is 54.7 Å². The molecule has 7 heteroatoms. The summed E-state index contributed by atoms with van der Waals surface area (Å²) in [5.41, 5.74) is 15.9. The number of aromatic nitrogens is 6. The maximum absolute atomic E-state index is 6.32. The van der Waals surface area contributed by atoms with Crippen molar-refractivity contribution in [2.24, 2.45) is 0 Å². The number of benzene rings is 10. The highest BCUT2D eigenvalue weighted by Gasteiger charge is 2.23. The number of fused-ring (bicyclic) bond motifs is 8. The smallest absolute Gasteiger partial charge is 0.227 e. The fourth-order valence-corrected chi connectivity index (χ4v) is 10.3. The van der Waals surface area contributed by atoms with Crippen LogP contribution in [0.2, 0.25) is 0 Å². The fraction of sp³-hybridized carbons (Fsp3) is 0. The quantitative estimate of drug-likeness (QED) is 0.152. The second kappa shape index (κ2) is 16.5. The lowest BCUT2D eigenvalue weighted by Crippen LogP contribution is -2.02. The number of hydrogen-bond donors (Lipinski definition) is 0. The molecule has 0 saturated heterocycles. The van der Waals surface area contributed by atoms with Gasteiger partial charge in [0.25, 0.3) is 0 Å². The summed E-state index contributed by atoms with van der Waals surface area (Å²) in [5.74, 6) is 2.16. The Morgan fingerprint density at radius 1 is 0.296 bits per heavy atom. The second-order valence-electron chi connectivity index (χ2n) is 17.8. The Labute approximate surface area is 408 Å². The van der Waals surface area contributed by atoms with Gasteiger partial charge >= 0.3 is 0 Å². The van der Waals surface area contributed by atoms with Crippen LogP contribution in [0.15, 0.2) is 247 Å². The molecule has 0 amide bonds. The first-order valence-corrected chi connectivity index (χ1v) is 23.8. The minimum absolute atomic E-state index is 0.508. The Balaban J connectivity index is 1.01. The van der Waals surface area contributed by atoms with E-state index in [1.54, 1.807) is 0 Å². The molecular formula is C64H40N6O. The van der Waals surface area contributed by atoms with Crippen LogP contribution in [-0.4, -0.2) is 29.1 Å². The van der Waals surface area contributed by atoms with E-state index >= 15 is 0 Å². The van der Waals surface area contributed by atoms with Crippen LogP contribution >= 0.6 is 0 Å². The molecule has 4 aromatic heterocycles. The highest BCUT2D eigenvalue weighted by Crippen LogP contribution is 2.43. The molecular weight excluding hydrogens is 869 g/mol. The lowest BCUT2D eigenvalue weighted by molar-refractivity contribution is 0.620. The molecule has 0 atom stereocenters. The first kappa shape index (κ1) is 40.4. The Bertz CT molecular complexity index is 4270. The van der Waals surface area contributed by atoms with Gasteiger partial charge in [-0.3, -0.25) is 0 Å². The van der Waals surface area contributed by atoms with Gasteiger partial charge in [-0.15, -0.1) is 0 Å². The summed E-state index contributed by atoms with van der Waals surface area (Å²) < 4.78 is 11.2. The van der Waals surface area contributed by atoms with Crippen molar-refractivity contribution in [3.63, 3.8) is 0 Å². The van der Waals surface area contributed by atoms with Gasteiger partial charge in [-0.05, 0) is 89.0 Å². The van der Waals surface area contributed by atoms with Crippen molar-refractivity contribution in [2.75, 3.05) is 0 Å². The predicted octanol–water partition coefficient (Wildman–Crippen LogP) is 16.2. The minimum atomic E-state index is 0.508. The van der Waals surface area contributed by atoms with Gasteiger partial charge in [-0.2, -0.15) is 0 Å². The average Bonchev–Trinajstić information content (AvgIpc) is 4.15. The van der Waals surface area contributed by atoms with E-state index < -0.39 is 0 Å². The molecule has 14 rings (SSSR count). The van der Waals surface area contributed by atoms with Crippen LogP contribution in [-0.2, 0) is 0 Å². The van der Waals surface area contributed by atoms with E-state index in [-0.39, 0.29) is 0 Å². The van der Waals surface area contributed by atoms with E-state index in [2.05, 4.69) is 173 Å². The van der Waals surface area contributed by atoms with Crippen LogP contribution in [0.1, 0.15) is 0 Å². The number of oxazole rings is 1. The molecule has 0 aliphatic carbocycles. The molecule has 0 saturated carbocycles. The van der Waals surface area contributed by atoms with Crippen molar-refractivity contribution in [1.82, 2.24) is 29.1 Å². The molecule has 14 aromatic rings. The topological polar surface area (TPSA) is 74.6 Å². The van der Waals surface area contributed by atoms with E-state index in [0.717, 1.165) is 83.3 Å². The van der Waals surface area contributed by atoms with Crippen molar-refractivity contribution in [3.8, 4) is 79.2 Å². The monoisotopic (exact) mass is 908 g/mol. The zero-order valence-electron chi connectivity index (χ0n) is 38.2. The molecule has 0 aliphatic heterocycles. The van der Waals surface area contributed by atoms with Gasteiger partial charge in [0.15, 0.2) is 23.1 Å². The number of rotatable bonds is 8. The van der Waals surface area contributed by atoms with Crippen molar-refractivity contribution in [1.29, 1.82) is 0 Å². The molecule has 0 N–H and O–H groups in total. The molecule has 71 heavy (non-hydrogen) atoms. The molecule has 0 unspecified atom stereocenters. The summed E-state index contributed by atoms with van der Waals surface area (Å²) in [4.78, 5) is 20.6. The van der Waals surface area contributed by atoms with Gasteiger partial charge in [-0.1, -0.05) is 176 Å². The molecule has 0 radical (unpaired) electrons. The van der Waals surface area contributed by atoms with E-state index in [9.17, 15) is 0 Å². The third kappa shape index (κ3) is 6.82. The summed E-state index contributed by atoms with van der Waals surface area (Å²) in [6.45, 7) is 0. The Morgan fingerprint density at radius 2 is 0.761 bits per heavy atom. The Kier molecular flexibility index (Phi) is 9.38. The van der Waals surface area contributed by atoms with Gasteiger partial charge in [0, 0.05) is 55.2 Å². The summed E-state index contributed by atoms with van der Waals surface area (Å²) >= 11 is 0. The summed E-state index contributed by atoms with van der Waals surface area (Å²) in [6.07, 6.45) is 0. The molecule has 0 aliphatic rings. The molecule has 10 aromatic carbocycles. The minimum Gasteiger partial charge on any atom is -0.436 e. The number of nitrogens with zero attached hydrogens (tertiary/aromatic N) is 6. The molecule has 0 bridgehead atoms. The third-order valence-corrected chi connectivity index (χ3v) is 13.6. The Hall–Kier alpha value is -9.72. The van der Waals surface area contributed by atoms with Crippen LogP contribution in [0.4, 0.5) is 0 Å². The Morgan fingerprint density at radius 3 is 1.37 bits per heavy atom. The van der Waals surface area contributed by atoms with Gasteiger partial charge < -0.3 is 13.6 Å². The summed E-state index contributed by atoms with van der Waals surface area (Å²) in [5, 5.41) is 4.69. The molecule has 0 spiro atoms. The van der Waals surface area contributed by atoms with Crippen LogP contribution in [0.25, 0.3) is 134 Å². The van der Waals surface area contributed by atoms with E-state index in [0.29, 0.717) is 34.5 Å². The molecule has 332 valence electrons. The number of para-hydroxylation sites is 3. The first-order valence-electron chi connectivity index (χ1n) is 23.8. The number of hydrogen-bond acceptors (Lipinski definition) is 5. The highest BCUT2D eigenvalue weighted by atomic mass is 16.3. The average molecular weight is 909 g/mol. The zero-order chi connectivity index (χ0) is 46.8. The lowest BCUT2D eigenvalue weighted by atomic mass is 9.98. The van der Waals surface area contributed by atoms with Gasteiger partial charge in [0.1, 0.15) is 5.52 Å². The summed E-state index contributed by atoms with van der Waals surface area (Å²) in [7, 11) is 0. The standard InChI is InChI=1S/C64H40N6O/c1-5-19-41(20-6-1)46-37-47(42-21-7-2-8-22-42)40-49(39-46)70-56-33-16-14-30-51(56)53-36-35-52-50-29-13-15-32-55(50)69(59(52)60(53)70)48-28-17-27-45(38-48)62-66-61(43-23-9-3-10-24-43)67-63(68-62)54-31-18-34-57-58(54)65-64(71-57)44-25-11-4-12-26-44/h1-40H. The first-order chi connectivity index (χ1) is 35.2. The second-order valence-corrected chi connectivity index (χ2v) is 17.8. The van der Waals surface area contributed by atoms with Crippen molar-refractivity contribution in [2.45, 2.75) is 0 Å².